The first-order valence-corrected chi connectivity index (χ1v) is 8.39. The summed E-state index contributed by atoms with van der Waals surface area (Å²) in [4.78, 5) is 11.9. The van der Waals surface area contributed by atoms with Crippen molar-refractivity contribution in [3.63, 3.8) is 0 Å². The lowest BCUT2D eigenvalue weighted by atomic mass is 10.1. The van der Waals surface area contributed by atoms with E-state index in [1.165, 1.54) is 12.2 Å². The fourth-order valence-electron chi connectivity index (χ4n) is 2.10. The number of carbonyl (C=O) groups excluding carboxylic acids is 1. The smallest absolute Gasteiger partial charge is 0.336 e. The monoisotopic (exact) mass is 358 g/mol. The predicted octanol–water partition coefficient (Wildman–Crippen LogP) is 4.52. The van der Waals surface area contributed by atoms with Crippen LogP contribution in [0.15, 0.2) is 60.2 Å². The van der Waals surface area contributed by atoms with E-state index in [1.807, 2.05) is 31.2 Å². The molecule has 2 aromatic carbocycles. The van der Waals surface area contributed by atoms with Crippen molar-refractivity contribution in [2.75, 3.05) is 6.61 Å². The van der Waals surface area contributed by atoms with Gasteiger partial charge in [0.25, 0.3) is 0 Å². The number of hydrogen-bond donors (Lipinski definition) is 0. The number of benzene rings is 2. The number of carbonyl (C=O) groups is 1. The SMILES string of the molecule is CCCOc1ccc(/C=C/C(=O)Oc2ccc(C=C(C#N)C#N)cc2)cc1. The molecule has 0 atom stereocenters. The number of allylic oxidation sites excluding steroid dienone is 1. The fourth-order valence-corrected chi connectivity index (χ4v) is 2.10. The molecule has 5 heteroatoms. The van der Waals surface area contributed by atoms with E-state index in [0.29, 0.717) is 17.9 Å². The first kappa shape index (κ1) is 19.5. The van der Waals surface area contributed by atoms with Gasteiger partial charge in [0.05, 0.1) is 6.61 Å². The van der Waals surface area contributed by atoms with Crippen LogP contribution in [0.25, 0.3) is 12.2 Å². The largest absolute Gasteiger partial charge is 0.494 e. The van der Waals surface area contributed by atoms with Gasteiger partial charge in [-0.1, -0.05) is 31.2 Å². The van der Waals surface area contributed by atoms with E-state index in [9.17, 15) is 4.79 Å². The molecule has 27 heavy (non-hydrogen) atoms. The molecular weight excluding hydrogens is 340 g/mol. The van der Waals surface area contributed by atoms with Gasteiger partial charge in [0.2, 0.25) is 0 Å². The Kier molecular flexibility index (Phi) is 7.38. The van der Waals surface area contributed by atoms with Crippen LogP contribution in [0.4, 0.5) is 0 Å². The normalized spacial score (nSPS) is 9.89. The van der Waals surface area contributed by atoms with Gasteiger partial charge in [0.15, 0.2) is 0 Å². The average Bonchev–Trinajstić information content (AvgIpc) is 2.71. The molecule has 0 heterocycles. The minimum absolute atomic E-state index is 0.00814. The predicted molar refractivity (Wildman–Crippen MR) is 103 cm³/mol. The van der Waals surface area contributed by atoms with Crippen LogP contribution in [0, 0.1) is 22.7 Å². The summed E-state index contributed by atoms with van der Waals surface area (Å²) in [5.74, 6) is 0.668. The van der Waals surface area contributed by atoms with E-state index in [4.69, 9.17) is 20.0 Å². The van der Waals surface area contributed by atoms with E-state index in [1.54, 1.807) is 42.5 Å². The maximum Gasteiger partial charge on any atom is 0.336 e. The zero-order valence-electron chi connectivity index (χ0n) is 14.9. The van der Waals surface area contributed by atoms with Crippen LogP contribution in [0.5, 0.6) is 11.5 Å². The molecule has 0 bridgehead atoms. The summed E-state index contributed by atoms with van der Waals surface area (Å²) in [6.45, 7) is 2.72. The molecule has 0 amide bonds. The molecule has 0 aliphatic heterocycles. The Balaban J connectivity index is 1.93. The van der Waals surface area contributed by atoms with Crippen molar-refractivity contribution >= 4 is 18.1 Å². The lowest BCUT2D eigenvalue weighted by Crippen LogP contribution is -2.03. The van der Waals surface area contributed by atoms with Gasteiger partial charge in [0.1, 0.15) is 29.2 Å². The highest BCUT2D eigenvalue weighted by Gasteiger charge is 2.01. The summed E-state index contributed by atoms with van der Waals surface area (Å²) in [7, 11) is 0. The van der Waals surface area contributed by atoms with Gasteiger partial charge in [-0.15, -0.1) is 0 Å². The molecule has 134 valence electrons. The van der Waals surface area contributed by atoms with Crippen LogP contribution >= 0.6 is 0 Å². The Morgan fingerprint density at radius 1 is 0.963 bits per heavy atom. The number of esters is 1. The maximum atomic E-state index is 11.9. The second-order valence-corrected chi connectivity index (χ2v) is 5.52. The van der Waals surface area contributed by atoms with Crippen LogP contribution in [0.2, 0.25) is 0 Å². The summed E-state index contributed by atoms with van der Waals surface area (Å²) < 4.78 is 10.7. The number of nitriles is 2. The molecule has 0 saturated heterocycles. The van der Waals surface area contributed by atoms with E-state index in [0.717, 1.165) is 17.7 Å². The summed E-state index contributed by atoms with van der Waals surface area (Å²) in [5.41, 5.74) is 1.54. The van der Waals surface area contributed by atoms with Gasteiger partial charge in [0, 0.05) is 6.08 Å². The molecule has 0 radical (unpaired) electrons. The molecule has 2 aromatic rings. The van der Waals surface area contributed by atoms with E-state index < -0.39 is 5.97 Å². The standard InChI is InChI=1S/C22H18N2O3/c1-2-13-26-20-8-3-17(4-9-20)7-12-22(25)27-21-10-5-18(6-11-21)14-19(15-23)16-24/h3-12,14H,2,13H2,1H3/b12-7+. The van der Waals surface area contributed by atoms with Crippen LogP contribution in [-0.4, -0.2) is 12.6 Å². The van der Waals surface area contributed by atoms with Gasteiger partial charge >= 0.3 is 5.97 Å². The van der Waals surface area contributed by atoms with Gasteiger partial charge in [-0.3, -0.25) is 0 Å². The summed E-state index contributed by atoms with van der Waals surface area (Å²) in [6, 6.07) is 17.5. The Labute approximate surface area is 158 Å². The third kappa shape index (κ3) is 6.53. The third-order valence-electron chi connectivity index (χ3n) is 3.42. The van der Waals surface area contributed by atoms with E-state index in [-0.39, 0.29) is 5.57 Å². The van der Waals surface area contributed by atoms with Crippen molar-refractivity contribution in [2.24, 2.45) is 0 Å². The van der Waals surface area contributed by atoms with E-state index in [2.05, 4.69) is 0 Å². The minimum Gasteiger partial charge on any atom is -0.494 e. The lowest BCUT2D eigenvalue weighted by molar-refractivity contribution is -0.128. The maximum absolute atomic E-state index is 11.9. The number of rotatable bonds is 7. The number of hydrogen-bond acceptors (Lipinski definition) is 5. The van der Waals surface area contributed by atoms with Crippen molar-refractivity contribution in [1.29, 1.82) is 10.5 Å². The van der Waals surface area contributed by atoms with Crippen LogP contribution in [0.3, 0.4) is 0 Å². The highest BCUT2D eigenvalue weighted by atomic mass is 16.5. The molecule has 0 saturated carbocycles. The zero-order valence-corrected chi connectivity index (χ0v) is 14.9. The van der Waals surface area contributed by atoms with E-state index >= 15 is 0 Å². The zero-order chi connectivity index (χ0) is 19.5. The van der Waals surface area contributed by atoms with Crippen LogP contribution < -0.4 is 9.47 Å². The summed E-state index contributed by atoms with van der Waals surface area (Å²) in [5, 5.41) is 17.5. The van der Waals surface area contributed by atoms with Gasteiger partial charge < -0.3 is 9.47 Å². The van der Waals surface area contributed by atoms with Crippen molar-refractivity contribution in [2.45, 2.75) is 13.3 Å². The molecule has 5 nitrogen and oxygen atoms in total. The minimum atomic E-state index is -0.501. The number of nitrogens with zero attached hydrogens (tertiary/aromatic N) is 2. The van der Waals surface area contributed by atoms with Gasteiger partial charge in [-0.25, -0.2) is 4.79 Å². The quantitative estimate of drug-likeness (QED) is 0.314. The molecule has 0 aliphatic carbocycles. The first-order valence-electron chi connectivity index (χ1n) is 8.39. The Morgan fingerprint density at radius 2 is 1.56 bits per heavy atom. The molecular formula is C22H18N2O3. The molecule has 0 aliphatic rings. The van der Waals surface area contributed by atoms with Crippen LogP contribution in [0.1, 0.15) is 24.5 Å². The molecule has 0 unspecified atom stereocenters. The Bertz CT molecular complexity index is 896. The Hall–Kier alpha value is -3.83. The third-order valence-corrected chi connectivity index (χ3v) is 3.42. The van der Waals surface area contributed by atoms with Crippen LogP contribution in [-0.2, 0) is 4.79 Å². The highest BCUT2D eigenvalue weighted by molar-refractivity contribution is 5.88. The van der Waals surface area contributed by atoms with Gasteiger partial charge in [-0.05, 0) is 54.0 Å². The second kappa shape index (κ2) is 10.2. The average molecular weight is 358 g/mol. The first-order chi connectivity index (χ1) is 13.1. The fraction of sp³-hybridized carbons (Fsp3) is 0.136. The summed E-state index contributed by atoms with van der Waals surface area (Å²) >= 11 is 0. The number of ether oxygens (including phenoxy) is 2. The van der Waals surface area contributed by atoms with Crippen molar-refractivity contribution in [3.05, 3.63) is 71.3 Å². The molecule has 2 rings (SSSR count). The van der Waals surface area contributed by atoms with Crippen molar-refractivity contribution in [1.82, 2.24) is 0 Å². The summed E-state index contributed by atoms with van der Waals surface area (Å²) in [6.07, 6.45) is 5.41. The van der Waals surface area contributed by atoms with Crippen molar-refractivity contribution in [3.8, 4) is 23.6 Å². The topological polar surface area (TPSA) is 83.1 Å². The van der Waals surface area contributed by atoms with Crippen molar-refractivity contribution < 1.29 is 14.3 Å². The Morgan fingerprint density at radius 3 is 2.15 bits per heavy atom. The second-order valence-electron chi connectivity index (χ2n) is 5.52. The molecule has 0 N–H and O–H groups in total. The highest BCUT2D eigenvalue weighted by Crippen LogP contribution is 2.16. The lowest BCUT2D eigenvalue weighted by Gasteiger charge is -2.04. The molecule has 0 aromatic heterocycles. The molecule has 0 fully saturated rings. The van der Waals surface area contributed by atoms with Gasteiger partial charge in [-0.2, -0.15) is 10.5 Å². The molecule has 0 spiro atoms.